The number of aryl methyl sites for hydroxylation is 1. The van der Waals surface area contributed by atoms with Gasteiger partial charge in [-0.1, -0.05) is 41.6 Å². The van der Waals surface area contributed by atoms with E-state index in [0.717, 1.165) is 17.3 Å². The van der Waals surface area contributed by atoms with Crippen molar-refractivity contribution in [3.05, 3.63) is 110 Å². The standard InChI is InChI=1S/C26H19FN4O4S/c1-16-5-11-20(12-6-16)30-25(33)23(14-17-3-2-4-21(13-17)31(34)35)36-26(30)22(15-28)24(32)29-19-9-7-18(27)8-10-19/h2-13,23H,14H2,1H3,(H,29,32)/b26-22+. The van der Waals surface area contributed by atoms with E-state index in [1.165, 1.54) is 41.3 Å². The molecule has 1 aliphatic rings. The summed E-state index contributed by atoms with van der Waals surface area (Å²) in [7, 11) is 0. The van der Waals surface area contributed by atoms with Gasteiger partial charge in [-0.15, -0.1) is 0 Å². The molecule has 1 N–H and O–H groups in total. The molecule has 3 aromatic carbocycles. The second-order valence-corrected chi connectivity index (χ2v) is 9.19. The molecule has 8 nitrogen and oxygen atoms in total. The maximum absolute atomic E-state index is 13.5. The number of nitrogens with zero attached hydrogens (tertiary/aromatic N) is 3. The molecule has 1 saturated heterocycles. The highest BCUT2D eigenvalue weighted by Crippen LogP contribution is 2.42. The highest BCUT2D eigenvalue weighted by molar-refractivity contribution is 8.05. The summed E-state index contributed by atoms with van der Waals surface area (Å²) < 4.78 is 13.2. The Morgan fingerprint density at radius 3 is 2.50 bits per heavy atom. The maximum Gasteiger partial charge on any atom is 0.269 e. The molecule has 4 rings (SSSR count). The summed E-state index contributed by atoms with van der Waals surface area (Å²) in [5.41, 5.74) is 1.95. The molecule has 10 heteroatoms. The van der Waals surface area contributed by atoms with Gasteiger partial charge in [-0.05, 0) is 55.3 Å². The van der Waals surface area contributed by atoms with Crippen LogP contribution in [-0.2, 0) is 16.0 Å². The normalized spacial score (nSPS) is 16.4. The smallest absolute Gasteiger partial charge is 0.269 e. The fourth-order valence-corrected chi connectivity index (χ4v) is 4.96. The number of carbonyl (C=O) groups is 2. The minimum absolute atomic E-state index is 0.0921. The SMILES string of the molecule is Cc1ccc(N2C(=O)C(Cc3cccc([N+](=O)[O-])c3)S/C2=C(\C#N)C(=O)Nc2ccc(F)cc2)cc1. The number of halogens is 1. The maximum atomic E-state index is 13.5. The molecule has 0 spiro atoms. The molecular weight excluding hydrogens is 483 g/mol. The lowest BCUT2D eigenvalue weighted by molar-refractivity contribution is -0.384. The van der Waals surface area contributed by atoms with E-state index in [9.17, 15) is 29.4 Å². The molecule has 1 heterocycles. The topological polar surface area (TPSA) is 116 Å². The first-order chi connectivity index (χ1) is 17.3. The molecule has 0 saturated carbocycles. The van der Waals surface area contributed by atoms with Crippen LogP contribution in [0.1, 0.15) is 11.1 Å². The number of thioether (sulfide) groups is 1. The Morgan fingerprint density at radius 2 is 1.86 bits per heavy atom. The Hall–Kier alpha value is -4.49. The summed E-state index contributed by atoms with van der Waals surface area (Å²) in [6, 6.07) is 20.0. The Kier molecular flexibility index (Phi) is 7.12. The van der Waals surface area contributed by atoms with E-state index < -0.39 is 21.9 Å². The third kappa shape index (κ3) is 5.26. The van der Waals surface area contributed by atoms with Gasteiger partial charge in [-0.25, -0.2) is 4.39 Å². The van der Waals surface area contributed by atoms with Gasteiger partial charge in [0.05, 0.1) is 10.2 Å². The van der Waals surface area contributed by atoms with Crippen molar-refractivity contribution in [2.24, 2.45) is 0 Å². The van der Waals surface area contributed by atoms with Crippen LogP contribution in [0.5, 0.6) is 0 Å². The molecule has 3 aromatic rings. The fraction of sp³-hybridized carbons (Fsp3) is 0.115. The largest absolute Gasteiger partial charge is 0.321 e. The predicted molar refractivity (Wildman–Crippen MR) is 135 cm³/mol. The Balaban J connectivity index is 1.72. The van der Waals surface area contributed by atoms with Gasteiger partial charge in [0.1, 0.15) is 22.5 Å². The molecule has 0 radical (unpaired) electrons. The molecule has 0 aromatic heterocycles. The zero-order valence-corrected chi connectivity index (χ0v) is 19.8. The fourth-order valence-electron chi connectivity index (χ4n) is 3.65. The molecule has 1 unspecified atom stereocenters. The van der Waals surface area contributed by atoms with E-state index in [1.54, 1.807) is 24.3 Å². The van der Waals surface area contributed by atoms with Crippen molar-refractivity contribution >= 4 is 40.6 Å². The first-order valence-corrected chi connectivity index (χ1v) is 11.7. The van der Waals surface area contributed by atoms with Crippen LogP contribution in [0.3, 0.4) is 0 Å². The first-order valence-electron chi connectivity index (χ1n) is 10.8. The molecule has 1 aliphatic heterocycles. The van der Waals surface area contributed by atoms with Crippen LogP contribution in [0.4, 0.5) is 21.5 Å². The van der Waals surface area contributed by atoms with Crippen LogP contribution >= 0.6 is 11.8 Å². The van der Waals surface area contributed by atoms with Gasteiger partial charge in [0.15, 0.2) is 0 Å². The van der Waals surface area contributed by atoms with E-state index in [2.05, 4.69) is 5.32 Å². The predicted octanol–water partition coefficient (Wildman–Crippen LogP) is 5.11. The van der Waals surface area contributed by atoms with Crippen molar-refractivity contribution in [1.29, 1.82) is 5.26 Å². The third-order valence-electron chi connectivity index (χ3n) is 5.44. The number of nitrogens with one attached hydrogen (secondary N) is 1. The van der Waals surface area contributed by atoms with Crippen molar-refractivity contribution in [2.75, 3.05) is 10.2 Å². The van der Waals surface area contributed by atoms with Crippen LogP contribution in [-0.4, -0.2) is 22.0 Å². The van der Waals surface area contributed by atoms with Gasteiger partial charge < -0.3 is 5.32 Å². The summed E-state index contributed by atoms with van der Waals surface area (Å²) in [6.45, 7) is 1.89. The van der Waals surface area contributed by atoms with Crippen molar-refractivity contribution in [1.82, 2.24) is 0 Å². The van der Waals surface area contributed by atoms with Gasteiger partial charge in [0, 0.05) is 23.5 Å². The lowest BCUT2D eigenvalue weighted by Gasteiger charge is -2.19. The van der Waals surface area contributed by atoms with E-state index in [1.807, 2.05) is 25.1 Å². The number of nitriles is 1. The molecular formula is C26H19FN4O4S. The number of nitro benzene ring substituents is 1. The van der Waals surface area contributed by atoms with Crippen molar-refractivity contribution < 1.29 is 18.9 Å². The van der Waals surface area contributed by atoms with Gasteiger partial charge >= 0.3 is 0 Å². The Morgan fingerprint density at radius 1 is 1.17 bits per heavy atom. The monoisotopic (exact) mass is 502 g/mol. The van der Waals surface area contributed by atoms with Gasteiger partial charge in [0.25, 0.3) is 11.6 Å². The highest BCUT2D eigenvalue weighted by atomic mass is 32.2. The second kappa shape index (κ2) is 10.4. The number of anilines is 2. The number of non-ortho nitro benzene ring substituents is 1. The number of amides is 2. The number of hydrogen-bond donors (Lipinski definition) is 1. The summed E-state index contributed by atoms with van der Waals surface area (Å²) in [5.74, 6) is -1.57. The number of benzene rings is 3. The van der Waals surface area contributed by atoms with E-state index in [0.29, 0.717) is 16.9 Å². The lowest BCUT2D eigenvalue weighted by Crippen LogP contribution is -2.30. The van der Waals surface area contributed by atoms with Crippen LogP contribution in [0.15, 0.2) is 83.4 Å². The van der Waals surface area contributed by atoms with Crippen molar-refractivity contribution in [3.63, 3.8) is 0 Å². The van der Waals surface area contributed by atoms with Crippen LogP contribution < -0.4 is 10.2 Å². The van der Waals surface area contributed by atoms with Crippen molar-refractivity contribution in [3.8, 4) is 6.07 Å². The summed E-state index contributed by atoms with van der Waals surface area (Å²) >= 11 is 1.05. The molecule has 1 atom stereocenters. The Labute approximate surface area is 210 Å². The summed E-state index contributed by atoms with van der Waals surface area (Å²) in [6.07, 6.45) is 0.162. The van der Waals surface area contributed by atoms with Crippen LogP contribution in [0.25, 0.3) is 0 Å². The minimum Gasteiger partial charge on any atom is -0.321 e. The summed E-state index contributed by atoms with van der Waals surface area (Å²) in [4.78, 5) is 38.5. The molecule has 2 amide bonds. The van der Waals surface area contributed by atoms with Crippen LogP contribution in [0.2, 0.25) is 0 Å². The van der Waals surface area contributed by atoms with Gasteiger partial charge in [-0.2, -0.15) is 5.26 Å². The van der Waals surface area contributed by atoms with E-state index >= 15 is 0 Å². The first kappa shape index (κ1) is 24.6. The number of rotatable bonds is 6. The summed E-state index contributed by atoms with van der Waals surface area (Å²) in [5, 5.41) is 23.1. The van der Waals surface area contributed by atoms with Crippen LogP contribution in [0, 0.1) is 34.2 Å². The van der Waals surface area contributed by atoms with E-state index in [-0.39, 0.29) is 28.6 Å². The lowest BCUT2D eigenvalue weighted by atomic mass is 10.1. The molecule has 36 heavy (non-hydrogen) atoms. The Bertz CT molecular complexity index is 1420. The average molecular weight is 503 g/mol. The third-order valence-corrected chi connectivity index (χ3v) is 6.71. The number of hydrogen-bond acceptors (Lipinski definition) is 6. The average Bonchev–Trinajstić information content (AvgIpc) is 3.17. The molecule has 0 bridgehead atoms. The van der Waals surface area contributed by atoms with Crippen molar-refractivity contribution in [2.45, 2.75) is 18.6 Å². The number of nitro groups is 1. The number of carbonyl (C=O) groups excluding carboxylic acids is 2. The quantitative estimate of drug-likeness (QED) is 0.217. The molecule has 0 aliphatic carbocycles. The highest BCUT2D eigenvalue weighted by Gasteiger charge is 2.41. The van der Waals surface area contributed by atoms with Gasteiger partial charge in [-0.3, -0.25) is 24.6 Å². The minimum atomic E-state index is -0.743. The zero-order chi connectivity index (χ0) is 25.8. The van der Waals surface area contributed by atoms with Gasteiger partial charge in [0.2, 0.25) is 5.91 Å². The molecule has 180 valence electrons. The molecule has 1 fully saturated rings. The second-order valence-electron chi connectivity index (χ2n) is 8.00. The van der Waals surface area contributed by atoms with E-state index in [4.69, 9.17) is 0 Å². The zero-order valence-electron chi connectivity index (χ0n) is 19.0.